The summed E-state index contributed by atoms with van der Waals surface area (Å²) >= 11 is 0. The Morgan fingerprint density at radius 3 is 2.38 bits per heavy atom. The number of carbonyl (C=O) groups excluding carboxylic acids is 2. The zero-order chi connectivity index (χ0) is 15.5. The third-order valence-electron chi connectivity index (χ3n) is 3.38. The molecule has 0 heterocycles. The summed E-state index contributed by atoms with van der Waals surface area (Å²) in [7, 11) is 1.33. The van der Waals surface area contributed by atoms with Gasteiger partial charge in [0.2, 0.25) is 5.91 Å². The Balaban J connectivity index is 2.50. The molecule has 1 aromatic carbocycles. The second-order valence-electron chi connectivity index (χ2n) is 5.10. The maximum absolute atomic E-state index is 12.0. The van der Waals surface area contributed by atoms with Crippen molar-refractivity contribution in [2.45, 2.75) is 51.5 Å². The third-order valence-corrected chi connectivity index (χ3v) is 3.38. The highest BCUT2D eigenvalue weighted by atomic mass is 16.5. The Morgan fingerprint density at radius 1 is 1.10 bits per heavy atom. The van der Waals surface area contributed by atoms with Gasteiger partial charge in [0.05, 0.1) is 7.11 Å². The Kier molecular flexibility index (Phi) is 8.17. The predicted octanol–water partition coefficient (Wildman–Crippen LogP) is 3.38. The van der Waals surface area contributed by atoms with Gasteiger partial charge in [-0.25, -0.2) is 4.79 Å². The van der Waals surface area contributed by atoms with Gasteiger partial charge < -0.3 is 10.1 Å². The molecular weight excluding hydrogens is 266 g/mol. The first-order valence-electron chi connectivity index (χ1n) is 7.61. The molecule has 4 nitrogen and oxygen atoms in total. The highest BCUT2D eigenvalue weighted by molar-refractivity contribution is 5.85. The van der Waals surface area contributed by atoms with Crippen molar-refractivity contribution < 1.29 is 14.3 Å². The summed E-state index contributed by atoms with van der Waals surface area (Å²) in [6.07, 6.45) is 5.90. The largest absolute Gasteiger partial charge is 0.467 e. The minimum absolute atomic E-state index is 0.106. The topological polar surface area (TPSA) is 55.4 Å². The maximum Gasteiger partial charge on any atom is 0.333 e. The van der Waals surface area contributed by atoms with Crippen LogP contribution in [-0.4, -0.2) is 19.0 Å². The fourth-order valence-corrected chi connectivity index (χ4v) is 2.16. The molecule has 21 heavy (non-hydrogen) atoms. The molecule has 0 aliphatic carbocycles. The maximum atomic E-state index is 12.0. The molecule has 0 unspecified atom stereocenters. The van der Waals surface area contributed by atoms with Crippen molar-refractivity contribution in [3.63, 3.8) is 0 Å². The summed E-state index contributed by atoms with van der Waals surface area (Å²) in [6.45, 7) is 2.16. The van der Waals surface area contributed by atoms with E-state index in [0.717, 1.165) is 24.8 Å². The first kappa shape index (κ1) is 17.2. The molecule has 0 aliphatic heterocycles. The molecule has 0 radical (unpaired) electrons. The number of benzene rings is 1. The van der Waals surface area contributed by atoms with Crippen LogP contribution in [0.5, 0.6) is 0 Å². The Morgan fingerprint density at radius 2 is 1.76 bits per heavy atom. The molecule has 1 amide bonds. The van der Waals surface area contributed by atoms with Crippen LogP contribution in [0.25, 0.3) is 0 Å². The molecule has 0 saturated carbocycles. The standard InChI is InChI=1S/C17H25NO3/c1-3-4-5-6-10-13-15(19)18-16(17(20)21-2)14-11-8-7-9-12-14/h7-9,11-12,16H,3-6,10,13H2,1-2H3,(H,18,19)/t16-/m0/s1. The average molecular weight is 291 g/mol. The second-order valence-corrected chi connectivity index (χ2v) is 5.10. The number of methoxy groups -OCH3 is 1. The number of hydrogen-bond donors (Lipinski definition) is 1. The Bertz CT molecular complexity index is 431. The summed E-state index contributed by atoms with van der Waals surface area (Å²) in [5.74, 6) is -0.550. The number of unbranched alkanes of at least 4 members (excludes halogenated alkanes) is 4. The average Bonchev–Trinajstić information content (AvgIpc) is 2.52. The van der Waals surface area contributed by atoms with Crippen molar-refractivity contribution in [2.24, 2.45) is 0 Å². The van der Waals surface area contributed by atoms with Gasteiger partial charge in [-0.3, -0.25) is 4.79 Å². The van der Waals surface area contributed by atoms with Gasteiger partial charge in [-0.05, 0) is 12.0 Å². The van der Waals surface area contributed by atoms with Crippen molar-refractivity contribution in [1.82, 2.24) is 5.32 Å². The summed E-state index contributed by atoms with van der Waals surface area (Å²) in [5.41, 5.74) is 0.740. The number of amides is 1. The number of nitrogens with one attached hydrogen (secondary N) is 1. The van der Waals surface area contributed by atoms with Gasteiger partial charge in [0, 0.05) is 6.42 Å². The number of rotatable bonds is 9. The molecule has 4 heteroatoms. The van der Waals surface area contributed by atoms with Gasteiger partial charge in [-0.2, -0.15) is 0 Å². The second kappa shape index (κ2) is 9.97. The molecule has 0 aromatic heterocycles. The quantitative estimate of drug-likeness (QED) is 0.560. The third kappa shape index (κ3) is 6.43. The monoisotopic (exact) mass is 291 g/mol. The molecule has 1 rings (SSSR count). The van der Waals surface area contributed by atoms with Crippen LogP contribution in [0, 0.1) is 0 Å². The predicted molar refractivity (Wildman–Crippen MR) is 82.7 cm³/mol. The molecule has 0 aliphatic rings. The molecule has 0 spiro atoms. The van der Waals surface area contributed by atoms with Crippen molar-refractivity contribution >= 4 is 11.9 Å². The zero-order valence-corrected chi connectivity index (χ0v) is 12.9. The molecule has 0 saturated heterocycles. The highest BCUT2D eigenvalue weighted by Gasteiger charge is 2.22. The van der Waals surface area contributed by atoms with Gasteiger partial charge in [-0.1, -0.05) is 62.9 Å². The number of ether oxygens (including phenoxy) is 1. The summed E-state index contributed by atoms with van der Waals surface area (Å²) < 4.78 is 4.77. The van der Waals surface area contributed by atoms with Crippen LogP contribution in [0.2, 0.25) is 0 Å². The highest BCUT2D eigenvalue weighted by Crippen LogP contribution is 2.15. The van der Waals surface area contributed by atoms with Crippen molar-refractivity contribution in [2.75, 3.05) is 7.11 Å². The van der Waals surface area contributed by atoms with Crippen LogP contribution >= 0.6 is 0 Å². The van der Waals surface area contributed by atoms with Crippen molar-refractivity contribution in [3.05, 3.63) is 35.9 Å². The van der Waals surface area contributed by atoms with Gasteiger partial charge in [0.15, 0.2) is 6.04 Å². The first-order chi connectivity index (χ1) is 10.2. The lowest BCUT2D eigenvalue weighted by molar-refractivity contribution is -0.145. The van der Waals surface area contributed by atoms with Crippen LogP contribution in [0.4, 0.5) is 0 Å². The lowest BCUT2D eigenvalue weighted by Crippen LogP contribution is -2.34. The van der Waals surface area contributed by atoms with Gasteiger partial charge in [-0.15, -0.1) is 0 Å². The number of carbonyl (C=O) groups is 2. The lowest BCUT2D eigenvalue weighted by atomic mass is 10.1. The van der Waals surface area contributed by atoms with Gasteiger partial charge in [0.1, 0.15) is 0 Å². The van der Waals surface area contributed by atoms with Crippen LogP contribution in [-0.2, 0) is 14.3 Å². The van der Waals surface area contributed by atoms with Crippen molar-refractivity contribution in [3.8, 4) is 0 Å². The van der Waals surface area contributed by atoms with E-state index in [0.29, 0.717) is 6.42 Å². The summed E-state index contributed by atoms with van der Waals surface area (Å²) in [5, 5.41) is 2.76. The molecular formula is C17H25NO3. The van der Waals surface area contributed by atoms with E-state index in [4.69, 9.17) is 4.74 Å². The minimum Gasteiger partial charge on any atom is -0.467 e. The Hall–Kier alpha value is -1.84. The zero-order valence-electron chi connectivity index (χ0n) is 12.9. The SMILES string of the molecule is CCCCCCCC(=O)N[C@H](C(=O)OC)c1ccccc1. The van der Waals surface area contributed by atoms with Gasteiger partial charge >= 0.3 is 5.97 Å². The van der Waals surface area contributed by atoms with E-state index < -0.39 is 12.0 Å². The van der Waals surface area contributed by atoms with Gasteiger partial charge in [0.25, 0.3) is 0 Å². The normalized spacial score (nSPS) is 11.7. The molecule has 1 atom stereocenters. The summed E-state index contributed by atoms with van der Waals surface area (Å²) in [6, 6.07) is 8.43. The number of esters is 1. The molecule has 116 valence electrons. The van der Waals surface area contributed by atoms with Crippen LogP contribution in [0.3, 0.4) is 0 Å². The smallest absolute Gasteiger partial charge is 0.333 e. The summed E-state index contributed by atoms with van der Waals surface area (Å²) in [4.78, 5) is 23.8. The minimum atomic E-state index is -0.723. The molecule has 0 fully saturated rings. The van der Waals surface area contributed by atoms with E-state index in [1.807, 2.05) is 30.3 Å². The first-order valence-corrected chi connectivity index (χ1v) is 7.61. The van der Waals surface area contributed by atoms with E-state index in [1.54, 1.807) is 0 Å². The fraction of sp³-hybridized carbons (Fsp3) is 0.529. The van der Waals surface area contributed by atoms with Crippen LogP contribution < -0.4 is 5.32 Å². The van der Waals surface area contributed by atoms with Crippen LogP contribution in [0.15, 0.2) is 30.3 Å². The fourth-order valence-electron chi connectivity index (χ4n) is 2.16. The molecule has 1 N–H and O–H groups in total. The molecule has 1 aromatic rings. The van der Waals surface area contributed by atoms with E-state index >= 15 is 0 Å². The Labute approximate surface area is 126 Å². The van der Waals surface area contributed by atoms with Crippen LogP contribution in [0.1, 0.15) is 57.1 Å². The van der Waals surface area contributed by atoms with Crippen molar-refractivity contribution in [1.29, 1.82) is 0 Å². The lowest BCUT2D eigenvalue weighted by Gasteiger charge is -2.16. The molecule has 0 bridgehead atoms. The van der Waals surface area contributed by atoms with E-state index in [-0.39, 0.29) is 5.91 Å². The van der Waals surface area contributed by atoms with E-state index in [1.165, 1.54) is 20.0 Å². The van der Waals surface area contributed by atoms with E-state index in [9.17, 15) is 9.59 Å². The number of hydrogen-bond acceptors (Lipinski definition) is 3. The van der Waals surface area contributed by atoms with E-state index in [2.05, 4.69) is 12.2 Å².